The number of benzene rings is 1. The molecule has 1 unspecified atom stereocenters. The number of nitrogens with zero attached hydrogens (tertiary/aromatic N) is 1. The van der Waals surface area contributed by atoms with Crippen molar-refractivity contribution in [2.45, 2.75) is 13.3 Å². The van der Waals surface area contributed by atoms with Crippen molar-refractivity contribution in [3.8, 4) is 0 Å². The Morgan fingerprint density at radius 2 is 2.18 bits per heavy atom. The first-order valence-electron chi connectivity index (χ1n) is 5.86. The fourth-order valence-corrected chi connectivity index (χ4v) is 1.57. The second kappa shape index (κ2) is 6.25. The summed E-state index contributed by atoms with van der Waals surface area (Å²) in [6.07, 6.45) is 0.760. The van der Waals surface area contributed by atoms with Gasteiger partial charge in [-0.2, -0.15) is 0 Å². The molecule has 0 heterocycles. The number of carbonyl (C=O) groups is 1. The Bertz CT molecular complexity index is 373. The molecule has 0 saturated heterocycles. The van der Waals surface area contributed by atoms with Crippen LogP contribution in [0.25, 0.3) is 0 Å². The number of hydrogen-bond donors (Lipinski definition) is 2. The first-order valence-corrected chi connectivity index (χ1v) is 5.86. The minimum atomic E-state index is -0.113. The highest BCUT2D eigenvalue weighted by Crippen LogP contribution is 2.18. The van der Waals surface area contributed by atoms with Crippen molar-refractivity contribution >= 4 is 17.3 Å². The molecule has 0 aliphatic rings. The van der Waals surface area contributed by atoms with E-state index in [4.69, 9.17) is 5.73 Å². The van der Waals surface area contributed by atoms with Gasteiger partial charge in [0.2, 0.25) is 5.91 Å². The van der Waals surface area contributed by atoms with Crippen molar-refractivity contribution in [2.75, 3.05) is 30.9 Å². The smallest absolute Gasteiger partial charge is 0.228 e. The van der Waals surface area contributed by atoms with Gasteiger partial charge in [0.25, 0.3) is 0 Å². The summed E-state index contributed by atoms with van der Waals surface area (Å²) in [4.78, 5) is 13.8. The van der Waals surface area contributed by atoms with E-state index in [0.717, 1.165) is 17.8 Å². The Morgan fingerprint density at radius 3 is 2.71 bits per heavy atom. The zero-order chi connectivity index (χ0) is 12.8. The van der Waals surface area contributed by atoms with Crippen LogP contribution in [0.5, 0.6) is 0 Å². The number of nitrogens with one attached hydrogen (secondary N) is 1. The van der Waals surface area contributed by atoms with E-state index in [1.807, 2.05) is 50.2 Å². The monoisotopic (exact) mass is 235 g/mol. The Hall–Kier alpha value is -1.55. The minimum absolute atomic E-state index is 0.00842. The first kappa shape index (κ1) is 13.5. The Kier molecular flexibility index (Phi) is 4.97. The molecule has 4 nitrogen and oxygen atoms in total. The molecule has 4 heteroatoms. The third-order valence-electron chi connectivity index (χ3n) is 2.78. The third-order valence-corrected chi connectivity index (χ3v) is 2.78. The van der Waals surface area contributed by atoms with Gasteiger partial charge in [-0.1, -0.05) is 13.0 Å². The third kappa shape index (κ3) is 3.75. The van der Waals surface area contributed by atoms with Gasteiger partial charge in [-0.3, -0.25) is 4.79 Å². The summed E-state index contributed by atoms with van der Waals surface area (Å²) in [6.45, 7) is 2.35. The molecule has 1 rings (SSSR count). The van der Waals surface area contributed by atoms with Crippen molar-refractivity contribution in [3.63, 3.8) is 0 Å². The molecule has 0 bridgehead atoms. The largest absolute Gasteiger partial charge is 0.378 e. The van der Waals surface area contributed by atoms with E-state index in [1.54, 1.807) is 0 Å². The van der Waals surface area contributed by atoms with Gasteiger partial charge in [-0.15, -0.1) is 0 Å². The van der Waals surface area contributed by atoms with Crippen LogP contribution >= 0.6 is 0 Å². The van der Waals surface area contributed by atoms with Gasteiger partial charge in [0.15, 0.2) is 0 Å². The maximum Gasteiger partial charge on any atom is 0.228 e. The molecule has 3 N–H and O–H groups in total. The van der Waals surface area contributed by atoms with Gasteiger partial charge >= 0.3 is 0 Å². The van der Waals surface area contributed by atoms with Gasteiger partial charge in [-0.25, -0.2) is 0 Å². The highest BCUT2D eigenvalue weighted by Gasteiger charge is 2.14. The number of anilines is 2. The van der Waals surface area contributed by atoms with Crippen LogP contribution in [-0.2, 0) is 4.79 Å². The lowest BCUT2D eigenvalue weighted by atomic mass is 10.1. The zero-order valence-electron chi connectivity index (χ0n) is 10.7. The maximum atomic E-state index is 11.9. The number of rotatable bonds is 5. The minimum Gasteiger partial charge on any atom is -0.378 e. The van der Waals surface area contributed by atoms with E-state index >= 15 is 0 Å². The van der Waals surface area contributed by atoms with E-state index in [1.165, 1.54) is 0 Å². The molecule has 1 atom stereocenters. The second-order valence-corrected chi connectivity index (χ2v) is 4.27. The predicted molar refractivity (Wildman–Crippen MR) is 72.2 cm³/mol. The van der Waals surface area contributed by atoms with Crippen molar-refractivity contribution < 1.29 is 4.79 Å². The van der Waals surface area contributed by atoms with E-state index < -0.39 is 0 Å². The van der Waals surface area contributed by atoms with Crippen LogP contribution in [0.3, 0.4) is 0 Å². The van der Waals surface area contributed by atoms with Crippen molar-refractivity contribution in [2.24, 2.45) is 11.7 Å². The summed E-state index contributed by atoms with van der Waals surface area (Å²) >= 11 is 0. The zero-order valence-corrected chi connectivity index (χ0v) is 10.7. The molecular weight excluding hydrogens is 214 g/mol. The Balaban J connectivity index is 2.74. The van der Waals surface area contributed by atoms with Gasteiger partial charge in [0.05, 0.1) is 5.92 Å². The molecule has 94 valence electrons. The molecule has 0 fully saturated rings. The number of hydrogen-bond acceptors (Lipinski definition) is 3. The fourth-order valence-electron chi connectivity index (χ4n) is 1.57. The number of carbonyl (C=O) groups excluding carboxylic acids is 1. The lowest BCUT2D eigenvalue weighted by Gasteiger charge is -2.16. The average molecular weight is 235 g/mol. The summed E-state index contributed by atoms with van der Waals surface area (Å²) in [6, 6.07) is 7.75. The normalized spacial score (nSPS) is 12.0. The summed E-state index contributed by atoms with van der Waals surface area (Å²) in [5.41, 5.74) is 7.42. The summed E-state index contributed by atoms with van der Waals surface area (Å²) < 4.78 is 0. The van der Waals surface area contributed by atoms with Gasteiger partial charge in [0.1, 0.15) is 0 Å². The molecule has 1 aromatic rings. The molecule has 0 aliphatic heterocycles. The summed E-state index contributed by atoms with van der Waals surface area (Å²) in [5.74, 6) is -0.121. The molecule has 1 aromatic carbocycles. The lowest BCUT2D eigenvalue weighted by Crippen LogP contribution is -2.28. The van der Waals surface area contributed by atoms with Crippen molar-refractivity contribution in [1.29, 1.82) is 0 Å². The van der Waals surface area contributed by atoms with E-state index in [2.05, 4.69) is 5.32 Å². The van der Waals surface area contributed by atoms with Gasteiger partial charge < -0.3 is 16.0 Å². The molecule has 0 spiro atoms. The Labute approximate surface area is 103 Å². The fraction of sp³-hybridized carbons (Fsp3) is 0.462. The van der Waals surface area contributed by atoms with Crippen LogP contribution in [0.2, 0.25) is 0 Å². The van der Waals surface area contributed by atoms with E-state index in [-0.39, 0.29) is 11.8 Å². The average Bonchev–Trinajstić information content (AvgIpc) is 2.30. The Morgan fingerprint density at radius 1 is 1.47 bits per heavy atom. The SMILES string of the molecule is CCC(CN)C(=O)Nc1cccc(N(C)C)c1. The molecule has 0 saturated carbocycles. The van der Waals surface area contributed by atoms with Crippen molar-refractivity contribution in [3.05, 3.63) is 24.3 Å². The van der Waals surface area contributed by atoms with E-state index in [0.29, 0.717) is 6.54 Å². The molecule has 0 aliphatic carbocycles. The maximum absolute atomic E-state index is 11.9. The molecule has 0 radical (unpaired) electrons. The molecule has 1 amide bonds. The van der Waals surface area contributed by atoms with Gasteiger partial charge in [0, 0.05) is 32.0 Å². The van der Waals surface area contributed by atoms with Crippen LogP contribution in [0.4, 0.5) is 11.4 Å². The lowest BCUT2D eigenvalue weighted by molar-refractivity contribution is -0.119. The molecule has 17 heavy (non-hydrogen) atoms. The van der Waals surface area contributed by atoms with E-state index in [9.17, 15) is 4.79 Å². The quantitative estimate of drug-likeness (QED) is 0.816. The number of nitrogens with two attached hydrogens (primary N) is 1. The van der Waals surface area contributed by atoms with Crippen LogP contribution in [0, 0.1) is 5.92 Å². The predicted octanol–water partition coefficient (Wildman–Crippen LogP) is 1.68. The first-order chi connectivity index (χ1) is 8.08. The van der Waals surface area contributed by atoms with Crippen molar-refractivity contribution in [1.82, 2.24) is 0 Å². The summed E-state index contributed by atoms with van der Waals surface area (Å²) in [7, 11) is 3.94. The van der Waals surface area contributed by atoms with Crippen LogP contribution in [0.1, 0.15) is 13.3 Å². The van der Waals surface area contributed by atoms with Crippen LogP contribution in [-0.4, -0.2) is 26.5 Å². The van der Waals surface area contributed by atoms with Gasteiger partial charge in [-0.05, 0) is 24.6 Å². The summed E-state index contributed by atoms with van der Waals surface area (Å²) in [5, 5.41) is 2.89. The molecular formula is C13H21N3O. The van der Waals surface area contributed by atoms with Crippen LogP contribution < -0.4 is 16.0 Å². The molecule has 0 aromatic heterocycles. The highest BCUT2D eigenvalue weighted by atomic mass is 16.1. The topological polar surface area (TPSA) is 58.4 Å². The second-order valence-electron chi connectivity index (χ2n) is 4.27. The van der Waals surface area contributed by atoms with Crippen LogP contribution in [0.15, 0.2) is 24.3 Å². The number of amides is 1. The highest BCUT2D eigenvalue weighted by molar-refractivity contribution is 5.93. The standard InChI is InChI=1S/C13H21N3O/c1-4-10(9-14)13(17)15-11-6-5-7-12(8-11)16(2)3/h5-8,10H,4,9,14H2,1-3H3,(H,15,17).